The Balaban J connectivity index is 4.15. The zero-order valence-corrected chi connectivity index (χ0v) is 9.72. The van der Waals surface area contributed by atoms with Gasteiger partial charge in [-0.25, -0.2) is 4.79 Å². The molecule has 14 heavy (non-hydrogen) atoms. The van der Waals surface area contributed by atoms with Crippen LogP contribution in [0.25, 0.3) is 0 Å². The third-order valence-corrected chi connectivity index (χ3v) is 2.56. The molecular formula is C8H15NO3S2. The average molecular weight is 237 g/mol. The molecule has 2 N–H and O–H groups in total. The van der Waals surface area contributed by atoms with Gasteiger partial charge in [-0.2, -0.15) is 25.3 Å². The molecule has 0 aliphatic rings. The van der Waals surface area contributed by atoms with Gasteiger partial charge in [-0.1, -0.05) is 6.92 Å². The highest BCUT2D eigenvalue weighted by Gasteiger charge is 2.21. The Morgan fingerprint density at radius 1 is 1.43 bits per heavy atom. The number of carboxylic acids is 1. The van der Waals surface area contributed by atoms with E-state index in [-0.39, 0.29) is 11.8 Å². The van der Waals surface area contributed by atoms with Crippen molar-refractivity contribution in [3.8, 4) is 0 Å². The minimum absolute atomic E-state index is 0.278. The second-order valence-corrected chi connectivity index (χ2v) is 3.81. The molecule has 1 unspecified atom stereocenters. The van der Waals surface area contributed by atoms with Crippen molar-refractivity contribution in [1.82, 2.24) is 5.32 Å². The molecule has 0 aliphatic heterocycles. The van der Waals surface area contributed by atoms with Gasteiger partial charge in [0.25, 0.3) is 0 Å². The molecule has 0 heterocycles. The van der Waals surface area contributed by atoms with E-state index >= 15 is 0 Å². The SMILES string of the molecule is CC(CS)C(=O)N[C@@H](CCS)C(=O)O. The van der Waals surface area contributed by atoms with Crippen molar-refractivity contribution < 1.29 is 14.7 Å². The van der Waals surface area contributed by atoms with Gasteiger partial charge >= 0.3 is 5.97 Å². The molecule has 0 aromatic carbocycles. The van der Waals surface area contributed by atoms with Crippen LogP contribution in [0.15, 0.2) is 0 Å². The number of carbonyl (C=O) groups is 2. The van der Waals surface area contributed by atoms with E-state index in [4.69, 9.17) is 5.11 Å². The molecule has 1 amide bonds. The fraction of sp³-hybridized carbons (Fsp3) is 0.750. The first-order chi connectivity index (χ1) is 6.52. The van der Waals surface area contributed by atoms with Crippen LogP contribution < -0.4 is 5.32 Å². The molecular weight excluding hydrogens is 222 g/mol. The van der Waals surface area contributed by atoms with E-state index in [0.29, 0.717) is 17.9 Å². The van der Waals surface area contributed by atoms with Gasteiger partial charge in [0.05, 0.1) is 0 Å². The average Bonchev–Trinajstić information content (AvgIpc) is 2.15. The molecule has 0 rings (SSSR count). The molecule has 0 saturated heterocycles. The summed E-state index contributed by atoms with van der Waals surface area (Å²) in [5, 5.41) is 11.2. The number of aliphatic carboxylic acids is 1. The molecule has 0 saturated carbocycles. The number of thiol groups is 2. The monoisotopic (exact) mass is 237 g/mol. The van der Waals surface area contributed by atoms with E-state index < -0.39 is 12.0 Å². The lowest BCUT2D eigenvalue weighted by Crippen LogP contribution is -2.43. The third-order valence-electron chi connectivity index (χ3n) is 1.75. The van der Waals surface area contributed by atoms with E-state index in [1.165, 1.54) is 0 Å². The summed E-state index contributed by atoms with van der Waals surface area (Å²) in [6.07, 6.45) is 0.323. The van der Waals surface area contributed by atoms with Crippen LogP contribution in [-0.2, 0) is 9.59 Å². The number of carboxylic acid groups (broad SMARTS) is 1. The van der Waals surface area contributed by atoms with Crippen LogP contribution in [0.4, 0.5) is 0 Å². The Morgan fingerprint density at radius 2 is 2.00 bits per heavy atom. The Morgan fingerprint density at radius 3 is 2.36 bits per heavy atom. The topological polar surface area (TPSA) is 66.4 Å². The predicted octanol–water partition coefficient (Wildman–Crippen LogP) is 0.442. The fourth-order valence-corrected chi connectivity index (χ4v) is 1.21. The number of hydrogen-bond donors (Lipinski definition) is 4. The van der Waals surface area contributed by atoms with Crippen LogP contribution in [0.5, 0.6) is 0 Å². The first kappa shape index (κ1) is 13.6. The summed E-state index contributed by atoms with van der Waals surface area (Å²) in [7, 11) is 0. The normalized spacial score (nSPS) is 14.5. The summed E-state index contributed by atoms with van der Waals surface area (Å²) in [6.45, 7) is 1.70. The quantitative estimate of drug-likeness (QED) is 0.507. The third kappa shape index (κ3) is 4.76. The minimum Gasteiger partial charge on any atom is -0.480 e. The molecule has 2 atom stereocenters. The van der Waals surface area contributed by atoms with Crippen molar-refractivity contribution >= 4 is 37.1 Å². The zero-order chi connectivity index (χ0) is 11.1. The van der Waals surface area contributed by atoms with Gasteiger partial charge in [0, 0.05) is 11.7 Å². The molecule has 0 spiro atoms. The molecule has 0 aromatic heterocycles. The minimum atomic E-state index is -1.03. The zero-order valence-electron chi connectivity index (χ0n) is 7.93. The lowest BCUT2D eigenvalue weighted by molar-refractivity contribution is -0.142. The Labute approximate surface area is 94.3 Å². The molecule has 0 aromatic rings. The molecule has 0 aliphatic carbocycles. The highest BCUT2D eigenvalue weighted by Crippen LogP contribution is 2.01. The number of rotatable bonds is 6. The van der Waals surface area contributed by atoms with Crippen LogP contribution in [-0.4, -0.2) is 34.5 Å². The Hall–Kier alpha value is -0.360. The van der Waals surface area contributed by atoms with Crippen LogP contribution >= 0.6 is 25.3 Å². The summed E-state index contributed by atoms with van der Waals surface area (Å²) in [6, 6.07) is -0.845. The van der Waals surface area contributed by atoms with Gasteiger partial charge in [0.2, 0.25) is 5.91 Å². The van der Waals surface area contributed by atoms with Gasteiger partial charge < -0.3 is 10.4 Å². The highest BCUT2D eigenvalue weighted by molar-refractivity contribution is 7.80. The molecule has 6 heteroatoms. The van der Waals surface area contributed by atoms with Crippen molar-refractivity contribution in [2.75, 3.05) is 11.5 Å². The maximum absolute atomic E-state index is 11.3. The second-order valence-electron chi connectivity index (χ2n) is 3.00. The maximum atomic E-state index is 11.3. The number of carbonyl (C=O) groups excluding carboxylic acids is 1. The van der Waals surface area contributed by atoms with Gasteiger partial charge in [-0.15, -0.1) is 0 Å². The van der Waals surface area contributed by atoms with E-state index in [9.17, 15) is 9.59 Å². The number of hydrogen-bond acceptors (Lipinski definition) is 4. The van der Waals surface area contributed by atoms with E-state index in [0.717, 1.165) is 0 Å². The van der Waals surface area contributed by atoms with Gasteiger partial charge in [-0.05, 0) is 12.2 Å². The molecule has 4 nitrogen and oxygen atoms in total. The van der Waals surface area contributed by atoms with Crippen molar-refractivity contribution in [2.24, 2.45) is 5.92 Å². The summed E-state index contributed by atoms with van der Waals surface area (Å²) in [4.78, 5) is 22.0. The van der Waals surface area contributed by atoms with Gasteiger partial charge in [0.1, 0.15) is 6.04 Å². The lowest BCUT2D eigenvalue weighted by atomic mass is 10.1. The summed E-state index contributed by atoms with van der Waals surface area (Å²) >= 11 is 7.88. The smallest absolute Gasteiger partial charge is 0.326 e. The first-order valence-electron chi connectivity index (χ1n) is 4.27. The standard InChI is InChI=1S/C8H15NO3S2/c1-5(4-14)7(10)9-6(2-3-13)8(11)12/h5-6,13-14H,2-4H2,1H3,(H,9,10)(H,11,12)/t5?,6-/m0/s1. The van der Waals surface area contributed by atoms with Crippen LogP contribution in [0.3, 0.4) is 0 Å². The summed E-state index contributed by atoms with van der Waals surface area (Å²) in [5.41, 5.74) is 0. The molecule has 0 bridgehead atoms. The number of nitrogens with one attached hydrogen (secondary N) is 1. The molecule has 82 valence electrons. The van der Waals surface area contributed by atoms with Crippen LogP contribution in [0, 0.1) is 5.92 Å². The predicted molar refractivity (Wildman–Crippen MR) is 61.1 cm³/mol. The first-order valence-corrected chi connectivity index (χ1v) is 5.54. The van der Waals surface area contributed by atoms with Crippen molar-refractivity contribution in [3.63, 3.8) is 0 Å². The van der Waals surface area contributed by atoms with E-state index in [2.05, 4.69) is 30.6 Å². The fourth-order valence-electron chi connectivity index (χ4n) is 0.783. The molecule has 0 fully saturated rings. The molecule has 0 radical (unpaired) electrons. The van der Waals surface area contributed by atoms with E-state index in [1.54, 1.807) is 6.92 Å². The van der Waals surface area contributed by atoms with Crippen molar-refractivity contribution in [3.05, 3.63) is 0 Å². The summed E-state index contributed by atoms with van der Waals surface area (Å²) < 4.78 is 0. The second kappa shape index (κ2) is 7.00. The van der Waals surface area contributed by atoms with Crippen molar-refractivity contribution in [2.45, 2.75) is 19.4 Å². The van der Waals surface area contributed by atoms with Crippen molar-refractivity contribution in [1.29, 1.82) is 0 Å². The van der Waals surface area contributed by atoms with Crippen LogP contribution in [0.2, 0.25) is 0 Å². The largest absolute Gasteiger partial charge is 0.480 e. The maximum Gasteiger partial charge on any atom is 0.326 e. The van der Waals surface area contributed by atoms with Crippen LogP contribution in [0.1, 0.15) is 13.3 Å². The van der Waals surface area contributed by atoms with Gasteiger partial charge in [0.15, 0.2) is 0 Å². The van der Waals surface area contributed by atoms with E-state index in [1.807, 2.05) is 0 Å². The highest BCUT2D eigenvalue weighted by atomic mass is 32.1. The lowest BCUT2D eigenvalue weighted by Gasteiger charge is -2.15. The van der Waals surface area contributed by atoms with Gasteiger partial charge in [-0.3, -0.25) is 4.79 Å². The Kier molecular flexibility index (Phi) is 6.82. The Bertz CT molecular complexity index is 211. The summed E-state index contributed by atoms with van der Waals surface area (Å²) in [5.74, 6) is -0.765. The number of amides is 1.